The van der Waals surface area contributed by atoms with Gasteiger partial charge in [0.15, 0.2) is 5.78 Å². The van der Waals surface area contributed by atoms with Gasteiger partial charge in [-0.1, -0.05) is 12.1 Å². The predicted octanol–water partition coefficient (Wildman–Crippen LogP) is 2.34. The molecule has 140 valence electrons. The second-order valence-electron chi connectivity index (χ2n) is 5.97. The van der Waals surface area contributed by atoms with Gasteiger partial charge in [-0.15, -0.1) is 0 Å². The number of Topliss-reactive ketones (excluding diaryl/α,β-unsaturated/α-hetero) is 1. The van der Waals surface area contributed by atoms with Crippen LogP contribution in [0.5, 0.6) is 0 Å². The Bertz CT molecular complexity index is 885. The van der Waals surface area contributed by atoms with Gasteiger partial charge in [-0.05, 0) is 45.0 Å². The van der Waals surface area contributed by atoms with Crippen molar-refractivity contribution in [3.63, 3.8) is 0 Å². The lowest BCUT2D eigenvalue weighted by molar-refractivity contribution is -0.121. The third kappa shape index (κ3) is 5.27. The van der Waals surface area contributed by atoms with Crippen molar-refractivity contribution in [1.82, 2.24) is 10.0 Å². The van der Waals surface area contributed by atoms with E-state index in [-0.39, 0.29) is 35.6 Å². The minimum atomic E-state index is -3.74. The highest BCUT2D eigenvalue weighted by Gasteiger charge is 2.16. The molecule has 26 heavy (non-hydrogen) atoms. The Hall–Kier alpha value is -2.45. The number of hydrogen-bond donors (Lipinski definition) is 2. The van der Waals surface area contributed by atoms with Gasteiger partial charge in [0.05, 0.1) is 10.9 Å². The zero-order valence-electron chi connectivity index (χ0n) is 14.9. The summed E-state index contributed by atoms with van der Waals surface area (Å²) < 4.78 is 32.2. The number of amides is 1. The summed E-state index contributed by atoms with van der Waals surface area (Å²) in [6, 6.07) is 8.93. The number of rotatable bonds is 8. The van der Waals surface area contributed by atoms with Gasteiger partial charge >= 0.3 is 0 Å². The van der Waals surface area contributed by atoms with E-state index in [1.807, 2.05) is 13.0 Å². The summed E-state index contributed by atoms with van der Waals surface area (Å²) >= 11 is 0. The molecule has 0 fully saturated rings. The minimum Gasteiger partial charge on any atom is -0.464 e. The summed E-state index contributed by atoms with van der Waals surface area (Å²) in [6.07, 6.45) is -0.00517. The zero-order chi connectivity index (χ0) is 19.3. The topological polar surface area (TPSA) is 105 Å². The molecule has 0 aliphatic heterocycles. The fourth-order valence-electron chi connectivity index (χ4n) is 2.32. The largest absolute Gasteiger partial charge is 0.464 e. The second-order valence-corrected chi connectivity index (χ2v) is 7.73. The smallest absolute Gasteiger partial charge is 0.240 e. The average Bonchev–Trinajstić information content (AvgIpc) is 3.01. The molecule has 1 aromatic heterocycles. The van der Waals surface area contributed by atoms with Crippen LogP contribution < -0.4 is 10.0 Å². The van der Waals surface area contributed by atoms with Gasteiger partial charge < -0.3 is 9.73 Å². The molecule has 1 aromatic carbocycles. The zero-order valence-corrected chi connectivity index (χ0v) is 15.7. The number of aryl methyl sites for hydroxylation is 1. The van der Waals surface area contributed by atoms with Crippen molar-refractivity contribution in [3.05, 3.63) is 53.5 Å². The number of benzene rings is 1. The summed E-state index contributed by atoms with van der Waals surface area (Å²) in [6.45, 7) is 4.98. The first-order valence-corrected chi connectivity index (χ1v) is 9.64. The maximum atomic E-state index is 12.2. The van der Waals surface area contributed by atoms with Crippen LogP contribution >= 0.6 is 0 Å². The summed E-state index contributed by atoms with van der Waals surface area (Å²) in [4.78, 5) is 23.2. The predicted molar refractivity (Wildman–Crippen MR) is 96.3 cm³/mol. The molecule has 7 nitrogen and oxygen atoms in total. The first-order chi connectivity index (χ1) is 12.2. The lowest BCUT2D eigenvalue weighted by Gasteiger charge is -2.12. The first-order valence-electron chi connectivity index (χ1n) is 8.15. The van der Waals surface area contributed by atoms with Crippen LogP contribution in [-0.4, -0.2) is 26.7 Å². The van der Waals surface area contributed by atoms with Crippen LogP contribution in [0.4, 0.5) is 0 Å². The van der Waals surface area contributed by atoms with Crippen LogP contribution in [0.25, 0.3) is 0 Å². The van der Waals surface area contributed by atoms with Crippen molar-refractivity contribution in [2.45, 2.75) is 38.1 Å². The molecule has 0 saturated carbocycles. The molecule has 0 aliphatic carbocycles. The van der Waals surface area contributed by atoms with Crippen molar-refractivity contribution in [1.29, 1.82) is 0 Å². The SMILES string of the molecule is CC(=O)c1ccc(S(=O)(=O)NCCC(=O)NC(C)c2ccc(C)o2)cc1. The number of ketones is 1. The normalized spacial score (nSPS) is 12.6. The Balaban J connectivity index is 1.85. The Morgan fingerprint density at radius 3 is 2.31 bits per heavy atom. The third-order valence-corrected chi connectivity index (χ3v) is 5.26. The Labute approximate surface area is 152 Å². The van der Waals surface area contributed by atoms with Crippen molar-refractivity contribution < 1.29 is 22.4 Å². The molecule has 0 bridgehead atoms. The van der Waals surface area contributed by atoms with Gasteiger partial charge in [-0.25, -0.2) is 13.1 Å². The van der Waals surface area contributed by atoms with Gasteiger partial charge in [-0.3, -0.25) is 9.59 Å². The van der Waals surface area contributed by atoms with E-state index in [2.05, 4.69) is 10.0 Å². The molecule has 2 rings (SSSR count). The van der Waals surface area contributed by atoms with Crippen LogP contribution in [0.3, 0.4) is 0 Å². The summed E-state index contributed by atoms with van der Waals surface area (Å²) in [7, 11) is -3.74. The van der Waals surface area contributed by atoms with Crippen molar-refractivity contribution >= 4 is 21.7 Å². The third-order valence-electron chi connectivity index (χ3n) is 3.78. The van der Waals surface area contributed by atoms with E-state index in [0.29, 0.717) is 11.3 Å². The number of carbonyl (C=O) groups is 2. The fourth-order valence-corrected chi connectivity index (χ4v) is 3.35. The van der Waals surface area contributed by atoms with Crippen LogP contribution in [0.2, 0.25) is 0 Å². The monoisotopic (exact) mass is 378 g/mol. The van der Waals surface area contributed by atoms with Crippen LogP contribution in [0.1, 0.15) is 48.2 Å². The van der Waals surface area contributed by atoms with Gasteiger partial charge in [-0.2, -0.15) is 0 Å². The summed E-state index contributed by atoms with van der Waals surface area (Å²) in [5.74, 6) is 0.965. The van der Waals surface area contributed by atoms with Crippen LogP contribution in [0.15, 0.2) is 45.7 Å². The quantitative estimate of drug-likeness (QED) is 0.686. The molecule has 8 heteroatoms. The van der Waals surface area contributed by atoms with Crippen LogP contribution in [0, 0.1) is 6.92 Å². The van der Waals surface area contributed by atoms with Crippen molar-refractivity contribution in [2.24, 2.45) is 0 Å². The molecule has 0 saturated heterocycles. The molecule has 1 heterocycles. The van der Waals surface area contributed by atoms with E-state index in [0.717, 1.165) is 5.76 Å². The van der Waals surface area contributed by atoms with E-state index in [1.165, 1.54) is 31.2 Å². The molecule has 1 unspecified atom stereocenters. The number of hydrogen-bond acceptors (Lipinski definition) is 5. The highest BCUT2D eigenvalue weighted by molar-refractivity contribution is 7.89. The highest BCUT2D eigenvalue weighted by atomic mass is 32.2. The molecule has 1 atom stereocenters. The Kier molecular flexibility index (Phi) is 6.33. The maximum absolute atomic E-state index is 12.2. The molecule has 0 spiro atoms. The number of sulfonamides is 1. The number of carbonyl (C=O) groups excluding carboxylic acids is 2. The van der Waals surface area contributed by atoms with Gasteiger partial charge in [0.25, 0.3) is 0 Å². The summed E-state index contributed by atoms with van der Waals surface area (Å²) in [5.41, 5.74) is 0.436. The lowest BCUT2D eigenvalue weighted by atomic mass is 10.2. The van der Waals surface area contributed by atoms with Gasteiger partial charge in [0.1, 0.15) is 11.5 Å². The van der Waals surface area contributed by atoms with Gasteiger partial charge in [0, 0.05) is 18.5 Å². The molecular weight excluding hydrogens is 356 g/mol. The number of furan rings is 1. The van der Waals surface area contributed by atoms with E-state index in [4.69, 9.17) is 4.42 Å². The molecule has 0 radical (unpaired) electrons. The van der Waals surface area contributed by atoms with E-state index < -0.39 is 10.0 Å². The van der Waals surface area contributed by atoms with Gasteiger partial charge in [0.2, 0.25) is 15.9 Å². The fraction of sp³-hybridized carbons (Fsp3) is 0.333. The van der Waals surface area contributed by atoms with Crippen molar-refractivity contribution in [3.8, 4) is 0 Å². The van der Waals surface area contributed by atoms with E-state index in [9.17, 15) is 18.0 Å². The molecule has 2 N–H and O–H groups in total. The summed E-state index contributed by atoms with van der Waals surface area (Å²) in [5, 5.41) is 2.75. The Morgan fingerprint density at radius 1 is 1.12 bits per heavy atom. The standard InChI is InChI=1S/C18H22N2O5S/c1-12-4-9-17(25-12)13(2)20-18(22)10-11-19-26(23,24)16-7-5-15(6-8-16)14(3)21/h4-9,13,19H,10-11H2,1-3H3,(H,20,22). The second kappa shape index (κ2) is 8.29. The first kappa shape index (κ1) is 19.9. The molecule has 1 amide bonds. The molecule has 0 aliphatic rings. The number of nitrogens with one attached hydrogen (secondary N) is 2. The minimum absolute atomic E-state index is 0.00517. The average molecular weight is 378 g/mol. The molecule has 2 aromatic rings. The lowest BCUT2D eigenvalue weighted by Crippen LogP contribution is -2.32. The van der Waals surface area contributed by atoms with E-state index >= 15 is 0 Å². The maximum Gasteiger partial charge on any atom is 0.240 e. The molecular formula is C18H22N2O5S. The van der Waals surface area contributed by atoms with Crippen molar-refractivity contribution in [2.75, 3.05) is 6.54 Å². The Morgan fingerprint density at radius 2 is 1.77 bits per heavy atom. The van der Waals surface area contributed by atoms with Crippen LogP contribution in [-0.2, 0) is 14.8 Å². The van der Waals surface area contributed by atoms with E-state index in [1.54, 1.807) is 13.0 Å². The highest BCUT2D eigenvalue weighted by Crippen LogP contribution is 2.15.